The maximum atomic E-state index is 11.4. The molecule has 84 valence electrons. The van der Waals surface area contributed by atoms with Crippen LogP contribution < -0.4 is 5.73 Å². The molecular formula is C11H11BrN2O2. The highest BCUT2D eigenvalue weighted by atomic mass is 79.9. The van der Waals surface area contributed by atoms with Gasteiger partial charge in [0.05, 0.1) is 6.54 Å². The van der Waals surface area contributed by atoms with Gasteiger partial charge in [0.2, 0.25) is 11.8 Å². The predicted molar refractivity (Wildman–Crippen MR) is 63.3 cm³/mol. The van der Waals surface area contributed by atoms with E-state index in [4.69, 9.17) is 5.73 Å². The number of amides is 2. The number of hydrogen-bond acceptors (Lipinski definition) is 3. The van der Waals surface area contributed by atoms with Crippen molar-refractivity contribution in [2.75, 3.05) is 5.73 Å². The zero-order valence-corrected chi connectivity index (χ0v) is 10.2. The summed E-state index contributed by atoms with van der Waals surface area (Å²) in [4.78, 5) is 24.1. The topological polar surface area (TPSA) is 63.4 Å². The second-order valence-electron chi connectivity index (χ2n) is 3.72. The van der Waals surface area contributed by atoms with Gasteiger partial charge in [-0.25, -0.2) is 0 Å². The number of imide groups is 1. The molecule has 1 aliphatic rings. The molecular weight excluding hydrogens is 272 g/mol. The number of nitrogens with two attached hydrogens (primary N) is 1. The lowest BCUT2D eigenvalue weighted by molar-refractivity contribution is -0.139. The fraction of sp³-hybridized carbons (Fsp3) is 0.273. The van der Waals surface area contributed by atoms with Gasteiger partial charge in [0.1, 0.15) is 0 Å². The molecule has 1 fully saturated rings. The Morgan fingerprint density at radius 1 is 1.25 bits per heavy atom. The van der Waals surface area contributed by atoms with E-state index >= 15 is 0 Å². The summed E-state index contributed by atoms with van der Waals surface area (Å²) in [6.45, 7) is 0.275. The van der Waals surface area contributed by atoms with Gasteiger partial charge >= 0.3 is 0 Å². The van der Waals surface area contributed by atoms with E-state index in [-0.39, 0.29) is 18.4 Å². The van der Waals surface area contributed by atoms with E-state index in [0.29, 0.717) is 18.5 Å². The Labute approximate surface area is 102 Å². The van der Waals surface area contributed by atoms with Gasteiger partial charge in [-0.1, -0.05) is 22.0 Å². The molecule has 0 radical (unpaired) electrons. The number of anilines is 1. The number of benzene rings is 1. The number of nitrogen functional groups attached to an aromatic ring is 1. The summed E-state index contributed by atoms with van der Waals surface area (Å²) in [5, 5.41) is 0. The van der Waals surface area contributed by atoms with Crippen LogP contribution in [-0.2, 0) is 16.1 Å². The molecule has 16 heavy (non-hydrogen) atoms. The van der Waals surface area contributed by atoms with E-state index in [9.17, 15) is 9.59 Å². The number of rotatable bonds is 2. The number of carbonyl (C=O) groups is 2. The van der Waals surface area contributed by atoms with Gasteiger partial charge in [-0.15, -0.1) is 0 Å². The molecule has 1 aromatic rings. The predicted octanol–water partition coefficient (Wildman–Crippen LogP) is 1.68. The average molecular weight is 283 g/mol. The van der Waals surface area contributed by atoms with Crippen molar-refractivity contribution in [1.82, 2.24) is 4.90 Å². The van der Waals surface area contributed by atoms with Crippen molar-refractivity contribution in [1.29, 1.82) is 0 Å². The minimum atomic E-state index is -0.118. The van der Waals surface area contributed by atoms with Gasteiger partial charge in [0.25, 0.3) is 0 Å². The minimum Gasteiger partial charge on any atom is -0.398 e. The molecule has 0 aromatic heterocycles. The van der Waals surface area contributed by atoms with Crippen molar-refractivity contribution < 1.29 is 9.59 Å². The Morgan fingerprint density at radius 3 is 2.44 bits per heavy atom. The van der Waals surface area contributed by atoms with Gasteiger partial charge in [-0.3, -0.25) is 14.5 Å². The van der Waals surface area contributed by atoms with E-state index < -0.39 is 0 Å². The quantitative estimate of drug-likeness (QED) is 0.663. The lowest BCUT2D eigenvalue weighted by atomic mass is 10.2. The zero-order valence-electron chi connectivity index (χ0n) is 8.57. The fourth-order valence-electron chi connectivity index (χ4n) is 1.68. The maximum absolute atomic E-state index is 11.4. The van der Waals surface area contributed by atoms with E-state index in [1.54, 1.807) is 6.07 Å². The molecule has 4 nitrogen and oxygen atoms in total. The molecule has 1 aliphatic heterocycles. The largest absolute Gasteiger partial charge is 0.398 e. The van der Waals surface area contributed by atoms with Crippen molar-refractivity contribution in [2.24, 2.45) is 0 Å². The van der Waals surface area contributed by atoms with E-state index in [0.717, 1.165) is 10.0 Å². The molecule has 5 heteroatoms. The van der Waals surface area contributed by atoms with E-state index in [1.165, 1.54) is 4.90 Å². The lowest BCUT2D eigenvalue weighted by Gasteiger charge is -2.15. The number of carbonyl (C=O) groups excluding carboxylic acids is 2. The van der Waals surface area contributed by atoms with Gasteiger partial charge in [-0.05, 0) is 17.7 Å². The molecule has 2 amide bonds. The number of hydrogen-bond donors (Lipinski definition) is 1. The van der Waals surface area contributed by atoms with Crippen LogP contribution in [0.1, 0.15) is 18.4 Å². The molecule has 0 bridgehead atoms. The first-order valence-corrected chi connectivity index (χ1v) is 5.74. The lowest BCUT2D eigenvalue weighted by Crippen LogP contribution is -2.28. The second-order valence-corrected chi connectivity index (χ2v) is 4.63. The standard InChI is InChI=1S/C11H11BrN2O2/c12-8-2-1-7(9(13)5-8)6-14-10(15)3-4-11(14)16/h1-2,5H,3-4,6,13H2. The highest BCUT2D eigenvalue weighted by Gasteiger charge is 2.28. The number of halogens is 1. The average Bonchev–Trinajstić information content (AvgIpc) is 2.53. The zero-order chi connectivity index (χ0) is 11.7. The summed E-state index contributed by atoms with van der Waals surface area (Å²) in [5.41, 5.74) is 7.19. The maximum Gasteiger partial charge on any atom is 0.229 e. The number of likely N-dealkylation sites (tertiary alicyclic amines) is 1. The van der Waals surface area contributed by atoms with Crippen molar-refractivity contribution in [3.05, 3.63) is 28.2 Å². The molecule has 2 rings (SSSR count). The highest BCUT2D eigenvalue weighted by Crippen LogP contribution is 2.22. The summed E-state index contributed by atoms with van der Waals surface area (Å²) >= 11 is 3.31. The normalized spacial score (nSPS) is 15.9. The van der Waals surface area contributed by atoms with E-state index in [2.05, 4.69) is 15.9 Å². The SMILES string of the molecule is Nc1cc(Br)ccc1CN1C(=O)CCC1=O. The third-order valence-electron chi connectivity index (χ3n) is 2.59. The summed E-state index contributed by atoms with van der Waals surface area (Å²) in [6.07, 6.45) is 0.629. The van der Waals surface area contributed by atoms with Crippen molar-refractivity contribution in [2.45, 2.75) is 19.4 Å². The van der Waals surface area contributed by atoms with Crippen LogP contribution in [0, 0.1) is 0 Å². The van der Waals surface area contributed by atoms with E-state index in [1.807, 2.05) is 12.1 Å². The second kappa shape index (κ2) is 4.25. The summed E-state index contributed by atoms with van der Waals surface area (Å²) in [5.74, 6) is -0.236. The fourth-order valence-corrected chi connectivity index (χ4v) is 2.06. The molecule has 0 unspecified atom stereocenters. The molecule has 1 heterocycles. The van der Waals surface area contributed by atoms with Crippen LogP contribution in [0.15, 0.2) is 22.7 Å². The Bertz CT molecular complexity index is 443. The number of nitrogens with zero attached hydrogens (tertiary/aromatic N) is 1. The van der Waals surface area contributed by atoms with Crippen LogP contribution in [0.5, 0.6) is 0 Å². The van der Waals surface area contributed by atoms with Crippen LogP contribution in [0.4, 0.5) is 5.69 Å². The Morgan fingerprint density at radius 2 is 1.88 bits per heavy atom. The molecule has 0 spiro atoms. The van der Waals surface area contributed by atoms with Crippen LogP contribution in [0.2, 0.25) is 0 Å². The van der Waals surface area contributed by atoms with Crippen molar-refractivity contribution in [3.63, 3.8) is 0 Å². The summed E-state index contributed by atoms with van der Waals surface area (Å²) in [7, 11) is 0. The van der Waals surface area contributed by atoms with Gasteiger partial charge in [0, 0.05) is 23.0 Å². The molecule has 0 atom stereocenters. The third kappa shape index (κ3) is 2.09. The van der Waals surface area contributed by atoms with Crippen molar-refractivity contribution in [3.8, 4) is 0 Å². The van der Waals surface area contributed by atoms with Gasteiger partial charge < -0.3 is 5.73 Å². The smallest absolute Gasteiger partial charge is 0.229 e. The van der Waals surface area contributed by atoms with Crippen LogP contribution in [-0.4, -0.2) is 16.7 Å². The Balaban J connectivity index is 2.20. The first kappa shape index (κ1) is 11.1. The third-order valence-corrected chi connectivity index (χ3v) is 3.08. The molecule has 1 saturated heterocycles. The van der Waals surface area contributed by atoms with Gasteiger partial charge in [-0.2, -0.15) is 0 Å². The highest BCUT2D eigenvalue weighted by molar-refractivity contribution is 9.10. The summed E-state index contributed by atoms with van der Waals surface area (Å²) in [6, 6.07) is 5.43. The summed E-state index contributed by atoms with van der Waals surface area (Å²) < 4.78 is 0.882. The first-order valence-electron chi connectivity index (χ1n) is 4.95. The van der Waals surface area contributed by atoms with Gasteiger partial charge in [0.15, 0.2) is 0 Å². The molecule has 1 aromatic carbocycles. The van der Waals surface area contributed by atoms with Crippen molar-refractivity contribution >= 4 is 33.4 Å². The minimum absolute atomic E-state index is 0.118. The Hall–Kier alpha value is -1.36. The van der Waals surface area contributed by atoms with Crippen LogP contribution >= 0.6 is 15.9 Å². The molecule has 0 aliphatic carbocycles. The molecule has 0 saturated carbocycles. The first-order chi connectivity index (χ1) is 7.58. The van der Waals surface area contributed by atoms with Crippen LogP contribution in [0.3, 0.4) is 0 Å². The van der Waals surface area contributed by atoms with Crippen LogP contribution in [0.25, 0.3) is 0 Å². The monoisotopic (exact) mass is 282 g/mol. The Kier molecular flexibility index (Phi) is 2.96. The molecule has 2 N–H and O–H groups in total.